The molecule has 0 heterocycles. The second kappa shape index (κ2) is 8.99. The second-order valence-corrected chi connectivity index (χ2v) is 5.36. The number of aldehydes is 1. The van der Waals surface area contributed by atoms with E-state index in [0.717, 1.165) is 0 Å². The van der Waals surface area contributed by atoms with Gasteiger partial charge in [-0.2, -0.15) is 0 Å². The highest BCUT2D eigenvalue weighted by Gasteiger charge is 2.20. The van der Waals surface area contributed by atoms with Crippen molar-refractivity contribution in [3.63, 3.8) is 0 Å². The van der Waals surface area contributed by atoms with Gasteiger partial charge in [0.15, 0.2) is 0 Å². The Balaban J connectivity index is 3.86. The summed E-state index contributed by atoms with van der Waals surface area (Å²) in [6.07, 6.45) is 5.49. The highest BCUT2D eigenvalue weighted by Crippen LogP contribution is 2.35. The topological polar surface area (TPSA) is 37.4 Å². The molecule has 0 aliphatic carbocycles. The van der Waals surface area contributed by atoms with Crippen molar-refractivity contribution in [2.45, 2.75) is 13.3 Å². The van der Waals surface area contributed by atoms with Gasteiger partial charge in [0.05, 0.1) is 5.02 Å². The van der Waals surface area contributed by atoms with Crippen LogP contribution in [0.3, 0.4) is 0 Å². The van der Waals surface area contributed by atoms with Gasteiger partial charge in [0.1, 0.15) is 12.1 Å². The number of hydrogen-bond donors (Lipinski definition) is 0. The number of carbonyl (C=O) groups excluding carboxylic acids is 2. The Morgan fingerprint density at radius 1 is 1.38 bits per heavy atom. The van der Waals surface area contributed by atoms with Gasteiger partial charge < -0.3 is 9.69 Å². The summed E-state index contributed by atoms with van der Waals surface area (Å²) in [5.74, 6) is -0.725. The van der Waals surface area contributed by atoms with Crippen molar-refractivity contribution in [2.24, 2.45) is 0 Å². The third-order valence-electron chi connectivity index (χ3n) is 3.45. The van der Waals surface area contributed by atoms with Gasteiger partial charge in [-0.25, -0.2) is 4.39 Å². The summed E-state index contributed by atoms with van der Waals surface area (Å²) in [4.78, 5) is 24.3. The fourth-order valence-electron chi connectivity index (χ4n) is 2.23. The van der Waals surface area contributed by atoms with Gasteiger partial charge in [-0.15, -0.1) is 0 Å². The van der Waals surface area contributed by atoms with E-state index in [4.69, 9.17) is 11.6 Å². The molecule has 0 spiro atoms. The van der Waals surface area contributed by atoms with Crippen LogP contribution in [0.5, 0.6) is 0 Å². The van der Waals surface area contributed by atoms with Crippen molar-refractivity contribution >= 4 is 29.4 Å². The smallest absolute Gasteiger partial charge is 0.223 e. The van der Waals surface area contributed by atoms with Crippen molar-refractivity contribution in [1.29, 1.82) is 0 Å². The number of amides is 1. The minimum atomic E-state index is -0.479. The van der Waals surface area contributed by atoms with Crippen LogP contribution in [0.15, 0.2) is 60.9 Å². The molecule has 0 atom stereocenters. The molecule has 0 aliphatic heterocycles. The van der Waals surface area contributed by atoms with E-state index >= 15 is 0 Å². The summed E-state index contributed by atoms with van der Waals surface area (Å²) in [5, 5.41) is 0.169. The summed E-state index contributed by atoms with van der Waals surface area (Å²) < 4.78 is 13.4. The molecular weight excluding hydrogens is 329 g/mol. The molecule has 0 N–H and O–H groups in total. The molecule has 0 unspecified atom stereocenters. The molecule has 0 fully saturated rings. The Kier molecular flexibility index (Phi) is 7.33. The zero-order chi connectivity index (χ0) is 18.3. The van der Waals surface area contributed by atoms with E-state index in [1.807, 2.05) is 0 Å². The first-order chi connectivity index (χ1) is 11.4. The van der Waals surface area contributed by atoms with Gasteiger partial charge in [-0.3, -0.25) is 4.79 Å². The fourth-order valence-corrected chi connectivity index (χ4v) is 2.49. The Labute approximate surface area is 146 Å². The summed E-state index contributed by atoms with van der Waals surface area (Å²) in [6.45, 7) is 8.81. The molecule has 126 valence electrons. The Bertz CT molecular complexity index is 735. The molecule has 1 aromatic rings. The maximum atomic E-state index is 13.4. The van der Waals surface area contributed by atoms with E-state index < -0.39 is 5.82 Å². The number of carbonyl (C=O) groups is 2. The molecule has 1 amide bonds. The molecule has 1 rings (SSSR count). The molecular formula is C19H19ClFNO2. The SMILES string of the molecule is C=C/C=C(C=C)/C(=C(/CC=O)N(C)C(C)=O)c1ccc(F)cc1Cl. The van der Waals surface area contributed by atoms with E-state index in [9.17, 15) is 14.0 Å². The second-order valence-electron chi connectivity index (χ2n) is 4.96. The molecule has 0 bridgehead atoms. The van der Waals surface area contributed by atoms with Crippen LogP contribution in [0.25, 0.3) is 5.57 Å². The third-order valence-corrected chi connectivity index (χ3v) is 3.76. The molecule has 24 heavy (non-hydrogen) atoms. The van der Waals surface area contributed by atoms with Crippen LogP contribution in [0.2, 0.25) is 5.02 Å². The average Bonchev–Trinajstić information content (AvgIpc) is 2.53. The Hall–Kier alpha value is -2.46. The van der Waals surface area contributed by atoms with Crippen LogP contribution >= 0.6 is 11.6 Å². The zero-order valence-corrected chi connectivity index (χ0v) is 14.4. The molecule has 0 aliphatic rings. The normalized spacial score (nSPS) is 12.2. The van der Waals surface area contributed by atoms with E-state index in [1.165, 1.54) is 30.0 Å². The highest BCUT2D eigenvalue weighted by molar-refractivity contribution is 6.32. The number of hydrogen-bond acceptors (Lipinski definition) is 2. The lowest BCUT2D eigenvalue weighted by Gasteiger charge is -2.24. The minimum absolute atomic E-state index is 0.0125. The molecule has 0 saturated heterocycles. The van der Waals surface area contributed by atoms with Crippen LogP contribution < -0.4 is 0 Å². The van der Waals surface area contributed by atoms with Crippen molar-refractivity contribution in [1.82, 2.24) is 4.90 Å². The summed E-state index contributed by atoms with van der Waals surface area (Å²) >= 11 is 6.20. The van der Waals surface area contributed by atoms with Crippen LogP contribution in [0, 0.1) is 5.82 Å². The lowest BCUT2D eigenvalue weighted by Crippen LogP contribution is -2.25. The molecule has 1 aromatic carbocycles. The van der Waals surface area contributed by atoms with E-state index in [1.54, 1.807) is 25.3 Å². The first-order valence-electron chi connectivity index (χ1n) is 7.19. The van der Waals surface area contributed by atoms with E-state index in [2.05, 4.69) is 13.2 Å². The van der Waals surface area contributed by atoms with E-state index in [0.29, 0.717) is 28.7 Å². The minimum Gasteiger partial charge on any atom is -0.318 e. The van der Waals surface area contributed by atoms with Crippen molar-refractivity contribution in [2.75, 3.05) is 7.05 Å². The summed E-state index contributed by atoms with van der Waals surface area (Å²) in [7, 11) is 1.56. The maximum Gasteiger partial charge on any atom is 0.223 e. The first kappa shape index (κ1) is 19.6. The Morgan fingerprint density at radius 2 is 2.04 bits per heavy atom. The third kappa shape index (κ3) is 4.52. The number of allylic oxidation sites excluding steroid dienone is 6. The maximum absolute atomic E-state index is 13.4. The van der Waals surface area contributed by atoms with Crippen molar-refractivity contribution < 1.29 is 14.0 Å². The number of nitrogens with zero attached hydrogens (tertiary/aromatic N) is 1. The van der Waals surface area contributed by atoms with E-state index in [-0.39, 0.29) is 17.4 Å². The van der Waals surface area contributed by atoms with Gasteiger partial charge in [0.25, 0.3) is 0 Å². The Morgan fingerprint density at radius 3 is 2.50 bits per heavy atom. The van der Waals surface area contributed by atoms with Gasteiger partial charge in [-0.1, -0.05) is 43.0 Å². The van der Waals surface area contributed by atoms with Gasteiger partial charge >= 0.3 is 0 Å². The number of rotatable bonds is 7. The largest absolute Gasteiger partial charge is 0.318 e. The van der Waals surface area contributed by atoms with Gasteiger partial charge in [0, 0.05) is 37.2 Å². The predicted octanol–water partition coefficient (Wildman–Crippen LogP) is 4.56. The molecule has 0 radical (unpaired) electrons. The summed E-state index contributed by atoms with van der Waals surface area (Å²) in [5.41, 5.74) is 2.08. The first-order valence-corrected chi connectivity index (χ1v) is 7.57. The lowest BCUT2D eigenvalue weighted by atomic mass is 9.93. The van der Waals surface area contributed by atoms with Crippen LogP contribution in [0.1, 0.15) is 18.9 Å². The molecule has 3 nitrogen and oxygen atoms in total. The number of benzene rings is 1. The average molecular weight is 348 g/mol. The number of halogens is 2. The van der Waals surface area contributed by atoms with Gasteiger partial charge in [-0.05, 0) is 23.8 Å². The fraction of sp³-hybridized carbons (Fsp3) is 0.158. The lowest BCUT2D eigenvalue weighted by molar-refractivity contribution is -0.125. The highest BCUT2D eigenvalue weighted by atomic mass is 35.5. The van der Waals surface area contributed by atoms with Gasteiger partial charge in [0.2, 0.25) is 5.91 Å². The summed E-state index contributed by atoms with van der Waals surface area (Å²) in [6, 6.07) is 3.95. The van der Waals surface area contributed by atoms with Crippen molar-refractivity contribution in [3.05, 3.63) is 77.3 Å². The standard InChI is InChI=1S/C19H19ClFNO2/c1-5-7-14(6-2)19(16-9-8-15(21)12-17(16)20)18(10-11-23)22(4)13(3)24/h5-9,11-12H,1-2,10H2,3-4H3/b14-7+,19-18+. The molecule has 5 heteroatoms. The predicted molar refractivity (Wildman–Crippen MR) is 95.9 cm³/mol. The van der Waals surface area contributed by atoms with Crippen LogP contribution in [-0.4, -0.2) is 24.1 Å². The quantitative estimate of drug-likeness (QED) is 0.535. The zero-order valence-electron chi connectivity index (χ0n) is 13.7. The van der Waals surface area contributed by atoms with Crippen LogP contribution in [0.4, 0.5) is 4.39 Å². The van der Waals surface area contributed by atoms with Crippen molar-refractivity contribution in [3.8, 4) is 0 Å². The monoisotopic (exact) mass is 347 g/mol. The van der Waals surface area contributed by atoms with Crippen LogP contribution in [-0.2, 0) is 9.59 Å². The molecule has 0 saturated carbocycles. The molecule has 0 aromatic heterocycles.